The van der Waals surface area contributed by atoms with Crippen molar-refractivity contribution in [1.82, 2.24) is 0 Å². The molecule has 0 unspecified atom stereocenters. The van der Waals surface area contributed by atoms with Crippen molar-refractivity contribution in [2.24, 2.45) is 11.1 Å². The van der Waals surface area contributed by atoms with E-state index >= 15 is 0 Å². The largest absolute Gasteiger partial charge is 0.326 e. The second kappa shape index (κ2) is 3.57. The van der Waals surface area contributed by atoms with E-state index < -0.39 is 0 Å². The summed E-state index contributed by atoms with van der Waals surface area (Å²) >= 11 is 0. The zero-order chi connectivity index (χ0) is 9.12. The normalized spacial score (nSPS) is 13.6. The predicted octanol–water partition coefficient (Wildman–Crippen LogP) is 2.94. The van der Waals surface area contributed by atoms with Gasteiger partial charge in [-0.2, -0.15) is 0 Å². The van der Waals surface area contributed by atoms with Gasteiger partial charge >= 0.3 is 0 Å². The van der Waals surface area contributed by atoms with Crippen LogP contribution in [0, 0.1) is 5.41 Å². The molecule has 11 heavy (non-hydrogen) atoms. The molecule has 0 bridgehead atoms. The number of hydrogen-bond acceptors (Lipinski definition) is 1. The Hall–Kier alpha value is -0.0400. The summed E-state index contributed by atoms with van der Waals surface area (Å²) in [5, 5.41) is 0. The van der Waals surface area contributed by atoms with E-state index in [9.17, 15) is 0 Å². The minimum absolute atomic E-state index is 0.0191. The number of rotatable bonds is 3. The summed E-state index contributed by atoms with van der Waals surface area (Å²) in [5.41, 5.74) is 6.35. The first-order valence-corrected chi connectivity index (χ1v) is 4.50. The van der Waals surface area contributed by atoms with Crippen LogP contribution in [0.5, 0.6) is 0 Å². The summed E-state index contributed by atoms with van der Waals surface area (Å²) < 4.78 is 0. The van der Waals surface area contributed by atoms with Gasteiger partial charge < -0.3 is 5.73 Å². The second-order valence-electron chi connectivity index (χ2n) is 5.40. The highest BCUT2D eigenvalue weighted by molar-refractivity contribution is 4.73. The van der Waals surface area contributed by atoms with E-state index in [1.165, 1.54) is 12.8 Å². The van der Waals surface area contributed by atoms with Crippen molar-refractivity contribution in [1.29, 1.82) is 0 Å². The van der Waals surface area contributed by atoms with Crippen molar-refractivity contribution >= 4 is 0 Å². The molecule has 0 radical (unpaired) electrons. The molecule has 68 valence electrons. The molecule has 0 aromatic rings. The van der Waals surface area contributed by atoms with Gasteiger partial charge in [-0.15, -0.1) is 0 Å². The van der Waals surface area contributed by atoms with E-state index in [1.807, 2.05) is 0 Å². The Bertz CT molecular complexity index is 89.0. The van der Waals surface area contributed by atoms with Crippen molar-refractivity contribution in [3.8, 4) is 0 Å². The molecule has 0 aliphatic heterocycles. The quantitative estimate of drug-likeness (QED) is 0.669. The molecule has 1 nitrogen and oxygen atoms in total. The average molecular weight is 157 g/mol. The van der Waals surface area contributed by atoms with Crippen molar-refractivity contribution in [3.05, 3.63) is 0 Å². The first-order chi connectivity index (χ1) is 4.71. The van der Waals surface area contributed by atoms with E-state index in [-0.39, 0.29) is 5.54 Å². The molecular formula is C10H23N. The van der Waals surface area contributed by atoms with Crippen LogP contribution in [-0.2, 0) is 0 Å². The van der Waals surface area contributed by atoms with Crippen LogP contribution in [0.3, 0.4) is 0 Å². The SMILES string of the molecule is CC(C)(C)CCCC(C)(C)N. The summed E-state index contributed by atoms with van der Waals surface area (Å²) in [6.45, 7) is 11.0. The molecule has 2 N–H and O–H groups in total. The van der Waals surface area contributed by atoms with Crippen LogP contribution in [0.1, 0.15) is 53.9 Å². The molecule has 0 saturated carbocycles. The zero-order valence-electron chi connectivity index (χ0n) is 8.70. The van der Waals surface area contributed by atoms with Gasteiger partial charge in [0.2, 0.25) is 0 Å². The van der Waals surface area contributed by atoms with E-state index in [2.05, 4.69) is 34.6 Å². The highest BCUT2D eigenvalue weighted by Crippen LogP contribution is 2.23. The summed E-state index contributed by atoms with van der Waals surface area (Å²) in [6.07, 6.45) is 3.64. The van der Waals surface area contributed by atoms with Crippen LogP contribution in [0.2, 0.25) is 0 Å². The lowest BCUT2D eigenvalue weighted by Gasteiger charge is -2.22. The first-order valence-electron chi connectivity index (χ1n) is 4.50. The average Bonchev–Trinajstić information content (AvgIpc) is 1.55. The van der Waals surface area contributed by atoms with E-state index in [4.69, 9.17) is 5.73 Å². The highest BCUT2D eigenvalue weighted by Gasteiger charge is 2.14. The van der Waals surface area contributed by atoms with Gasteiger partial charge in [-0.1, -0.05) is 27.2 Å². The van der Waals surface area contributed by atoms with E-state index in [1.54, 1.807) is 0 Å². The van der Waals surface area contributed by atoms with Gasteiger partial charge in [-0.3, -0.25) is 0 Å². The zero-order valence-corrected chi connectivity index (χ0v) is 8.70. The van der Waals surface area contributed by atoms with Crippen LogP contribution in [0.4, 0.5) is 0 Å². The Balaban J connectivity index is 3.44. The maximum absolute atomic E-state index is 5.86. The van der Waals surface area contributed by atoms with Crippen molar-refractivity contribution < 1.29 is 0 Å². The van der Waals surface area contributed by atoms with Gasteiger partial charge in [0.25, 0.3) is 0 Å². The standard InChI is InChI=1S/C10H23N/c1-9(2,3)7-6-8-10(4,5)11/h6-8,11H2,1-5H3. The lowest BCUT2D eigenvalue weighted by Crippen LogP contribution is -2.31. The molecule has 0 spiro atoms. The molecule has 0 aromatic carbocycles. The topological polar surface area (TPSA) is 26.0 Å². The third-order valence-corrected chi connectivity index (χ3v) is 1.75. The van der Waals surface area contributed by atoms with Gasteiger partial charge in [0.15, 0.2) is 0 Å². The van der Waals surface area contributed by atoms with E-state index in [0.29, 0.717) is 5.41 Å². The van der Waals surface area contributed by atoms with Crippen LogP contribution in [0.25, 0.3) is 0 Å². The van der Waals surface area contributed by atoms with Crippen LogP contribution in [-0.4, -0.2) is 5.54 Å². The fourth-order valence-corrected chi connectivity index (χ4v) is 1.07. The Morgan fingerprint density at radius 3 is 1.64 bits per heavy atom. The second-order valence-corrected chi connectivity index (χ2v) is 5.40. The van der Waals surface area contributed by atoms with Crippen LogP contribution in [0.15, 0.2) is 0 Å². The van der Waals surface area contributed by atoms with Crippen LogP contribution >= 0.6 is 0 Å². The van der Waals surface area contributed by atoms with Gasteiger partial charge in [-0.25, -0.2) is 0 Å². The molecule has 0 amide bonds. The lowest BCUT2D eigenvalue weighted by molar-refractivity contribution is 0.334. The van der Waals surface area contributed by atoms with Gasteiger partial charge in [0, 0.05) is 5.54 Å². The van der Waals surface area contributed by atoms with Gasteiger partial charge in [0.1, 0.15) is 0 Å². The highest BCUT2D eigenvalue weighted by atomic mass is 14.7. The molecule has 0 fully saturated rings. The van der Waals surface area contributed by atoms with Crippen molar-refractivity contribution in [3.63, 3.8) is 0 Å². The smallest absolute Gasteiger partial charge is 0.00970 e. The molecule has 0 atom stereocenters. The van der Waals surface area contributed by atoms with Gasteiger partial charge in [0.05, 0.1) is 0 Å². The first kappa shape index (κ1) is 11.0. The Kier molecular flexibility index (Phi) is 3.56. The summed E-state index contributed by atoms with van der Waals surface area (Å²) in [4.78, 5) is 0. The minimum atomic E-state index is 0.0191. The third kappa shape index (κ3) is 9.96. The Morgan fingerprint density at radius 1 is 0.909 bits per heavy atom. The lowest BCUT2D eigenvalue weighted by atomic mass is 9.87. The van der Waals surface area contributed by atoms with E-state index in [0.717, 1.165) is 6.42 Å². The Labute approximate surface area is 71.4 Å². The number of nitrogens with two attached hydrogens (primary N) is 1. The summed E-state index contributed by atoms with van der Waals surface area (Å²) in [5.74, 6) is 0. The van der Waals surface area contributed by atoms with Gasteiger partial charge in [-0.05, 0) is 32.1 Å². The monoisotopic (exact) mass is 157 g/mol. The molecule has 0 aliphatic rings. The molecule has 0 heterocycles. The molecule has 0 rings (SSSR count). The molecule has 0 aliphatic carbocycles. The fourth-order valence-electron chi connectivity index (χ4n) is 1.07. The maximum Gasteiger partial charge on any atom is 0.00970 e. The summed E-state index contributed by atoms with van der Waals surface area (Å²) in [6, 6.07) is 0. The minimum Gasteiger partial charge on any atom is -0.326 e. The molecular weight excluding hydrogens is 134 g/mol. The molecule has 0 aromatic heterocycles. The maximum atomic E-state index is 5.86. The molecule has 0 saturated heterocycles. The Morgan fingerprint density at radius 2 is 1.36 bits per heavy atom. The third-order valence-electron chi connectivity index (χ3n) is 1.75. The molecule has 1 heteroatoms. The van der Waals surface area contributed by atoms with Crippen molar-refractivity contribution in [2.75, 3.05) is 0 Å². The predicted molar refractivity (Wildman–Crippen MR) is 51.6 cm³/mol. The fraction of sp³-hybridized carbons (Fsp3) is 1.00. The van der Waals surface area contributed by atoms with Crippen LogP contribution < -0.4 is 5.73 Å². The van der Waals surface area contributed by atoms with Crippen molar-refractivity contribution in [2.45, 2.75) is 59.4 Å². The summed E-state index contributed by atoms with van der Waals surface area (Å²) in [7, 11) is 0. The number of hydrogen-bond donors (Lipinski definition) is 1.